The zero-order valence-corrected chi connectivity index (χ0v) is 15.0. The summed E-state index contributed by atoms with van der Waals surface area (Å²) in [7, 11) is 0. The maximum Gasteiger partial charge on any atom is 0.332 e. The average molecular weight is 345 g/mol. The highest BCUT2D eigenvalue weighted by Gasteiger charge is 2.43. The second-order valence-corrected chi connectivity index (χ2v) is 7.25. The van der Waals surface area contributed by atoms with Crippen LogP contribution in [0.5, 0.6) is 0 Å². The second-order valence-electron chi connectivity index (χ2n) is 7.25. The highest BCUT2D eigenvalue weighted by Crippen LogP contribution is 2.25. The van der Waals surface area contributed by atoms with E-state index >= 15 is 0 Å². The van der Waals surface area contributed by atoms with Gasteiger partial charge in [-0.15, -0.1) is 0 Å². The van der Waals surface area contributed by atoms with E-state index in [1.54, 1.807) is 6.92 Å². The van der Waals surface area contributed by atoms with E-state index in [1.165, 1.54) is 9.80 Å². The summed E-state index contributed by atoms with van der Waals surface area (Å²) in [4.78, 5) is 30.1. The van der Waals surface area contributed by atoms with Crippen molar-refractivity contribution in [3.63, 3.8) is 0 Å². The molecule has 2 aliphatic rings. The molecule has 2 aliphatic heterocycles. The third-order valence-corrected chi connectivity index (χ3v) is 5.22. The molecule has 2 heterocycles. The van der Waals surface area contributed by atoms with Crippen LogP contribution < -0.4 is 4.90 Å². The molecule has 0 spiro atoms. The number of likely N-dealkylation sites (tertiary alicyclic amines) is 1. The summed E-state index contributed by atoms with van der Waals surface area (Å²) < 4.78 is 0. The zero-order valence-electron chi connectivity index (χ0n) is 15.0. The molecule has 2 saturated heterocycles. The summed E-state index contributed by atoms with van der Waals surface area (Å²) >= 11 is 0. The molecule has 0 aromatic heterocycles. The molecule has 0 radical (unpaired) electrons. The third-order valence-electron chi connectivity index (χ3n) is 5.22. The average Bonchev–Trinajstić information content (AvgIpc) is 2.81. The largest absolute Gasteiger partial charge is 0.390 e. The Labute approximate surface area is 149 Å². The van der Waals surface area contributed by atoms with Crippen molar-refractivity contribution < 1.29 is 14.7 Å². The van der Waals surface area contributed by atoms with Gasteiger partial charge in [-0.3, -0.25) is 14.6 Å². The van der Waals surface area contributed by atoms with Gasteiger partial charge in [0.15, 0.2) is 0 Å². The van der Waals surface area contributed by atoms with Gasteiger partial charge in [0.25, 0.3) is 5.91 Å². The minimum atomic E-state index is -0.718. The van der Waals surface area contributed by atoms with E-state index in [4.69, 9.17) is 0 Å². The highest BCUT2D eigenvalue weighted by molar-refractivity contribution is 6.14. The van der Waals surface area contributed by atoms with Crippen LogP contribution in [0, 0.1) is 5.92 Å². The second kappa shape index (κ2) is 7.54. The zero-order chi connectivity index (χ0) is 18.0. The first-order valence-electron chi connectivity index (χ1n) is 9.07. The fourth-order valence-electron chi connectivity index (χ4n) is 3.63. The van der Waals surface area contributed by atoms with Crippen LogP contribution in [0.15, 0.2) is 30.3 Å². The number of hydrogen-bond donors (Lipinski definition) is 1. The van der Waals surface area contributed by atoms with Crippen molar-refractivity contribution in [2.24, 2.45) is 5.92 Å². The van der Waals surface area contributed by atoms with E-state index in [9.17, 15) is 14.7 Å². The SMILES string of the molecule is CC1CCN(C[C@H](O)CN2C(=O)[C@H](C)N(c3ccccc3)C2=O)CC1. The van der Waals surface area contributed by atoms with Crippen LogP contribution in [-0.2, 0) is 4.79 Å². The van der Waals surface area contributed by atoms with Gasteiger partial charge in [0.1, 0.15) is 6.04 Å². The molecule has 25 heavy (non-hydrogen) atoms. The number of aliphatic hydroxyl groups excluding tert-OH is 1. The lowest BCUT2D eigenvalue weighted by molar-refractivity contribution is -0.128. The first-order chi connectivity index (χ1) is 12.0. The number of carbonyl (C=O) groups is 2. The summed E-state index contributed by atoms with van der Waals surface area (Å²) in [6.07, 6.45) is 1.55. The molecular weight excluding hydrogens is 318 g/mol. The number of imide groups is 1. The summed E-state index contributed by atoms with van der Waals surface area (Å²) in [5, 5.41) is 10.4. The number of β-amino-alcohol motifs (C(OH)–C–C–N with tert-alkyl or cyclic N) is 1. The van der Waals surface area contributed by atoms with Gasteiger partial charge in [-0.1, -0.05) is 25.1 Å². The molecular formula is C19H27N3O3. The number of urea groups is 1. The van der Waals surface area contributed by atoms with Gasteiger partial charge >= 0.3 is 6.03 Å². The summed E-state index contributed by atoms with van der Waals surface area (Å²) in [6, 6.07) is 8.29. The molecule has 1 aromatic carbocycles. The summed E-state index contributed by atoms with van der Waals surface area (Å²) in [6.45, 7) is 6.46. The number of nitrogens with zero attached hydrogens (tertiary/aromatic N) is 3. The van der Waals surface area contributed by atoms with Crippen LogP contribution in [0.2, 0.25) is 0 Å². The lowest BCUT2D eigenvalue weighted by Gasteiger charge is -2.32. The van der Waals surface area contributed by atoms with Gasteiger partial charge in [0.2, 0.25) is 0 Å². The fourth-order valence-corrected chi connectivity index (χ4v) is 3.63. The van der Waals surface area contributed by atoms with Crippen molar-refractivity contribution in [2.45, 2.75) is 38.8 Å². The highest BCUT2D eigenvalue weighted by atomic mass is 16.3. The van der Waals surface area contributed by atoms with E-state index < -0.39 is 12.1 Å². The van der Waals surface area contributed by atoms with Crippen molar-refractivity contribution in [3.05, 3.63) is 30.3 Å². The number of hydrogen-bond acceptors (Lipinski definition) is 4. The molecule has 2 fully saturated rings. The van der Waals surface area contributed by atoms with Gasteiger partial charge < -0.3 is 10.0 Å². The molecule has 1 N–H and O–H groups in total. The summed E-state index contributed by atoms with van der Waals surface area (Å²) in [5.74, 6) is 0.482. The van der Waals surface area contributed by atoms with Crippen LogP contribution in [0.4, 0.5) is 10.5 Å². The first kappa shape index (κ1) is 17.9. The minimum absolute atomic E-state index is 0.0530. The number of benzene rings is 1. The molecule has 2 atom stereocenters. The van der Waals surface area contributed by atoms with Crippen LogP contribution in [0.3, 0.4) is 0 Å². The third kappa shape index (κ3) is 3.85. The van der Waals surface area contributed by atoms with E-state index in [0.717, 1.165) is 31.8 Å². The Bertz CT molecular complexity index is 614. The fraction of sp³-hybridized carbons (Fsp3) is 0.579. The number of carbonyl (C=O) groups excluding carboxylic acids is 2. The quantitative estimate of drug-likeness (QED) is 0.829. The van der Waals surface area contributed by atoms with E-state index in [0.29, 0.717) is 12.2 Å². The van der Waals surface area contributed by atoms with E-state index in [1.807, 2.05) is 30.3 Å². The standard InChI is InChI=1S/C19H27N3O3/c1-14-8-10-20(11-9-14)12-17(23)13-21-18(24)15(2)22(19(21)25)16-6-4-3-5-7-16/h3-7,14-15,17,23H,8-13H2,1-2H3/t15-,17-/m0/s1. The van der Waals surface area contributed by atoms with Crippen molar-refractivity contribution >= 4 is 17.6 Å². The number of piperidine rings is 1. The van der Waals surface area contributed by atoms with E-state index in [-0.39, 0.29) is 18.5 Å². The maximum atomic E-state index is 12.7. The molecule has 3 amide bonds. The Morgan fingerprint density at radius 1 is 1.08 bits per heavy atom. The number of para-hydroxylation sites is 1. The number of rotatable bonds is 5. The van der Waals surface area contributed by atoms with Crippen LogP contribution >= 0.6 is 0 Å². The van der Waals surface area contributed by atoms with Crippen molar-refractivity contribution in [2.75, 3.05) is 31.1 Å². The molecule has 6 nitrogen and oxygen atoms in total. The predicted octanol–water partition coefficient (Wildman–Crippen LogP) is 1.94. The molecule has 3 rings (SSSR count). The number of aliphatic hydroxyl groups is 1. The number of amides is 3. The minimum Gasteiger partial charge on any atom is -0.390 e. The van der Waals surface area contributed by atoms with Gasteiger partial charge in [-0.05, 0) is 50.9 Å². The van der Waals surface area contributed by atoms with Crippen LogP contribution in [0.1, 0.15) is 26.7 Å². The normalized spacial score (nSPS) is 24.2. The Morgan fingerprint density at radius 3 is 2.36 bits per heavy atom. The lowest BCUT2D eigenvalue weighted by atomic mass is 9.99. The Morgan fingerprint density at radius 2 is 1.72 bits per heavy atom. The molecule has 1 aromatic rings. The molecule has 136 valence electrons. The Hall–Kier alpha value is -1.92. The maximum absolute atomic E-state index is 12.7. The van der Waals surface area contributed by atoms with E-state index in [2.05, 4.69) is 11.8 Å². The predicted molar refractivity (Wildman–Crippen MR) is 96.3 cm³/mol. The topological polar surface area (TPSA) is 64.1 Å². The number of anilines is 1. The Balaban J connectivity index is 1.62. The van der Waals surface area contributed by atoms with Crippen LogP contribution in [0.25, 0.3) is 0 Å². The lowest BCUT2D eigenvalue weighted by Crippen LogP contribution is -2.45. The van der Waals surface area contributed by atoms with Crippen molar-refractivity contribution in [1.29, 1.82) is 0 Å². The Kier molecular flexibility index (Phi) is 5.39. The van der Waals surface area contributed by atoms with Gasteiger partial charge in [-0.2, -0.15) is 0 Å². The monoisotopic (exact) mass is 345 g/mol. The van der Waals surface area contributed by atoms with Gasteiger partial charge in [0.05, 0.1) is 12.6 Å². The van der Waals surface area contributed by atoms with Crippen molar-refractivity contribution in [1.82, 2.24) is 9.80 Å². The molecule has 0 saturated carbocycles. The van der Waals surface area contributed by atoms with Crippen molar-refractivity contribution in [3.8, 4) is 0 Å². The molecule has 0 bridgehead atoms. The molecule has 0 aliphatic carbocycles. The van der Waals surface area contributed by atoms with Crippen LogP contribution in [-0.4, -0.2) is 65.2 Å². The molecule has 6 heteroatoms. The van der Waals surface area contributed by atoms with Gasteiger partial charge in [0, 0.05) is 12.2 Å². The van der Waals surface area contributed by atoms with Gasteiger partial charge in [-0.25, -0.2) is 4.79 Å². The molecule has 0 unspecified atom stereocenters. The smallest absolute Gasteiger partial charge is 0.332 e. The summed E-state index contributed by atoms with van der Waals surface area (Å²) in [5.41, 5.74) is 0.704. The first-order valence-corrected chi connectivity index (χ1v) is 9.07.